The first-order valence-corrected chi connectivity index (χ1v) is 7.04. The summed E-state index contributed by atoms with van der Waals surface area (Å²) in [4.78, 5) is 23.2. The molecule has 0 aliphatic carbocycles. The van der Waals surface area contributed by atoms with E-state index in [0.29, 0.717) is 11.4 Å². The summed E-state index contributed by atoms with van der Waals surface area (Å²) >= 11 is 0.950. The highest BCUT2D eigenvalue weighted by Crippen LogP contribution is 2.32. The number of alkyl halides is 3. The molecule has 1 aromatic rings. The van der Waals surface area contributed by atoms with Gasteiger partial charge in [-0.1, -0.05) is 6.07 Å². The first-order valence-electron chi connectivity index (χ1n) is 6.16. The fourth-order valence-corrected chi connectivity index (χ4v) is 2.35. The largest absolute Gasteiger partial charge is 0.416 e. The minimum Gasteiger partial charge on any atom is -0.338 e. The lowest BCUT2D eigenvalue weighted by Gasteiger charge is -2.13. The number of hydrogen-bond donors (Lipinski definition) is 2. The van der Waals surface area contributed by atoms with Gasteiger partial charge in [-0.2, -0.15) is 13.2 Å². The third-order valence-corrected chi connectivity index (χ3v) is 3.51. The molecule has 0 radical (unpaired) electrons. The van der Waals surface area contributed by atoms with Crippen molar-refractivity contribution >= 4 is 23.7 Å². The number of carbonyl (C=O) groups is 2. The number of carbonyl (C=O) groups excluding carboxylic acids is 2. The molecule has 1 rings (SSSR count). The first-order chi connectivity index (χ1) is 9.74. The SMILES string of the molecule is CCNC(=O)NC(=O)C(C)Sc1cccc(C(F)(F)F)c1. The third-order valence-electron chi connectivity index (χ3n) is 2.42. The average Bonchev–Trinajstić information content (AvgIpc) is 2.38. The summed E-state index contributed by atoms with van der Waals surface area (Å²) in [5.74, 6) is -0.566. The van der Waals surface area contributed by atoms with Crippen molar-refractivity contribution in [1.29, 1.82) is 0 Å². The van der Waals surface area contributed by atoms with E-state index in [9.17, 15) is 22.8 Å². The molecule has 0 aromatic heterocycles. The van der Waals surface area contributed by atoms with Crippen LogP contribution in [0.1, 0.15) is 19.4 Å². The molecular formula is C13H15F3N2O2S. The molecule has 4 nitrogen and oxygen atoms in total. The molecule has 1 atom stereocenters. The minimum atomic E-state index is -4.43. The van der Waals surface area contributed by atoms with Gasteiger partial charge in [0.2, 0.25) is 5.91 Å². The highest BCUT2D eigenvalue weighted by Gasteiger charge is 2.30. The van der Waals surface area contributed by atoms with Crippen LogP contribution < -0.4 is 10.6 Å². The smallest absolute Gasteiger partial charge is 0.338 e. The van der Waals surface area contributed by atoms with Gasteiger partial charge in [0, 0.05) is 11.4 Å². The number of urea groups is 1. The zero-order chi connectivity index (χ0) is 16.0. The van der Waals surface area contributed by atoms with Crippen molar-refractivity contribution < 1.29 is 22.8 Å². The van der Waals surface area contributed by atoms with Crippen LogP contribution in [0.15, 0.2) is 29.2 Å². The van der Waals surface area contributed by atoms with Crippen molar-refractivity contribution in [2.45, 2.75) is 30.2 Å². The number of hydrogen-bond acceptors (Lipinski definition) is 3. The number of imide groups is 1. The molecule has 0 fully saturated rings. The van der Waals surface area contributed by atoms with Crippen LogP contribution >= 0.6 is 11.8 Å². The Morgan fingerprint density at radius 1 is 1.33 bits per heavy atom. The molecule has 0 spiro atoms. The van der Waals surface area contributed by atoms with Crippen LogP contribution in [0.3, 0.4) is 0 Å². The van der Waals surface area contributed by atoms with E-state index >= 15 is 0 Å². The fourth-order valence-electron chi connectivity index (χ4n) is 1.42. The quantitative estimate of drug-likeness (QED) is 0.839. The predicted molar refractivity (Wildman–Crippen MR) is 74.0 cm³/mol. The molecule has 0 aliphatic rings. The van der Waals surface area contributed by atoms with Crippen molar-refractivity contribution in [2.24, 2.45) is 0 Å². The van der Waals surface area contributed by atoms with E-state index in [1.807, 2.05) is 0 Å². The van der Waals surface area contributed by atoms with Crippen molar-refractivity contribution in [1.82, 2.24) is 10.6 Å². The zero-order valence-corrected chi connectivity index (χ0v) is 12.3. The summed E-state index contributed by atoms with van der Waals surface area (Å²) in [6, 6.07) is 4.07. The molecule has 2 N–H and O–H groups in total. The van der Waals surface area contributed by atoms with Gasteiger partial charge in [-0.15, -0.1) is 11.8 Å². The molecular weight excluding hydrogens is 305 g/mol. The Hall–Kier alpha value is -1.70. The third kappa shape index (κ3) is 5.66. The molecule has 8 heteroatoms. The van der Waals surface area contributed by atoms with Crippen LogP contribution in [0.25, 0.3) is 0 Å². The molecule has 1 aromatic carbocycles. The second kappa shape index (κ2) is 7.35. The van der Waals surface area contributed by atoms with Crippen LogP contribution in [0.5, 0.6) is 0 Å². The number of amides is 3. The number of rotatable bonds is 4. The van der Waals surface area contributed by atoms with Crippen molar-refractivity contribution in [2.75, 3.05) is 6.54 Å². The van der Waals surface area contributed by atoms with E-state index < -0.39 is 28.9 Å². The Morgan fingerprint density at radius 3 is 2.57 bits per heavy atom. The van der Waals surface area contributed by atoms with Crippen LogP contribution in [-0.4, -0.2) is 23.7 Å². The maximum Gasteiger partial charge on any atom is 0.416 e. The van der Waals surface area contributed by atoms with Gasteiger partial charge in [0.25, 0.3) is 0 Å². The summed E-state index contributed by atoms with van der Waals surface area (Å²) < 4.78 is 37.7. The summed E-state index contributed by atoms with van der Waals surface area (Å²) in [7, 11) is 0. The number of halogens is 3. The van der Waals surface area contributed by atoms with Gasteiger partial charge in [0.15, 0.2) is 0 Å². The summed E-state index contributed by atoms with van der Waals surface area (Å²) in [6.07, 6.45) is -4.43. The van der Waals surface area contributed by atoms with Gasteiger partial charge in [-0.25, -0.2) is 4.79 Å². The van der Waals surface area contributed by atoms with Gasteiger partial charge in [-0.05, 0) is 32.0 Å². The van der Waals surface area contributed by atoms with Gasteiger partial charge >= 0.3 is 12.2 Å². The molecule has 0 saturated heterocycles. The lowest BCUT2D eigenvalue weighted by Crippen LogP contribution is -2.42. The molecule has 21 heavy (non-hydrogen) atoms. The second-order valence-electron chi connectivity index (χ2n) is 4.13. The zero-order valence-electron chi connectivity index (χ0n) is 11.5. The van der Waals surface area contributed by atoms with E-state index in [1.165, 1.54) is 19.1 Å². The van der Waals surface area contributed by atoms with Crippen molar-refractivity contribution in [3.05, 3.63) is 29.8 Å². The summed E-state index contributed by atoms with van der Waals surface area (Å²) in [5, 5.41) is 3.81. The van der Waals surface area contributed by atoms with Gasteiger partial charge in [0.1, 0.15) is 0 Å². The topological polar surface area (TPSA) is 58.2 Å². The Bertz CT molecular complexity index is 520. The van der Waals surface area contributed by atoms with Crippen LogP contribution in [0.2, 0.25) is 0 Å². The summed E-state index contributed by atoms with van der Waals surface area (Å²) in [6.45, 7) is 3.58. The highest BCUT2D eigenvalue weighted by atomic mass is 32.2. The van der Waals surface area contributed by atoms with E-state index in [4.69, 9.17) is 0 Å². The van der Waals surface area contributed by atoms with E-state index in [2.05, 4.69) is 10.6 Å². The molecule has 3 amide bonds. The van der Waals surface area contributed by atoms with E-state index in [0.717, 1.165) is 23.9 Å². The Kier molecular flexibility index (Phi) is 6.07. The van der Waals surface area contributed by atoms with Gasteiger partial charge in [0.05, 0.1) is 10.8 Å². The standard InChI is InChI=1S/C13H15F3N2O2S/c1-3-17-12(20)18-11(19)8(2)21-10-6-4-5-9(7-10)13(14,15)16/h4-8H,3H2,1-2H3,(H2,17,18,19,20). The highest BCUT2D eigenvalue weighted by molar-refractivity contribution is 8.00. The predicted octanol–water partition coefficient (Wildman–Crippen LogP) is 3.03. The maximum absolute atomic E-state index is 12.6. The van der Waals surface area contributed by atoms with Crippen LogP contribution in [0.4, 0.5) is 18.0 Å². The molecule has 0 saturated carbocycles. The second-order valence-corrected chi connectivity index (χ2v) is 5.55. The lowest BCUT2D eigenvalue weighted by molar-refractivity contribution is -0.137. The minimum absolute atomic E-state index is 0.309. The lowest BCUT2D eigenvalue weighted by atomic mass is 10.2. The monoisotopic (exact) mass is 320 g/mol. The maximum atomic E-state index is 12.6. The summed E-state index contributed by atoms with van der Waals surface area (Å²) in [5.41, 5.74) is -0.774. The van der Waals surface area contributed by atoms with Crippen LogP contribution in [-0.2, 0) is 11.0 Å². The van der Waals surface area contributed by atoms with Gasteiger partial charge in [-0.3, -0.25) is 10.1 Å². The number of benzene rings is 1. The Morgan fingerprint density at radius 2 is 2.00 bits per heavy atom. The molecule has 0 bridgehead atoms. The van der Waals surface area contributed by atoms with Crippen molar-refractivity contribution in [3.8, 4) is 0 Å². The number of thioether (sulfide) groups is 1. The Labute approximate surface area is 124 Å². The van der Waals surface area contributed by atoms with Crippen LogP contribution in [0, 0.1) is 0 Å². The normalized spacial score (nSPS) is 12.6. The average molecular weight is 320 g/mol. The van der Waals surface area contributed by atoms with E-state index in [1.54, 1.807) is 6.92 Å². The van der Waals surface area contributed by atoms with Crippen molar-refractivity contribution in [3.63, 3.8) is 0 Å². The Balaban J connectivity index is 2.68. The first kappa shape index (κ1) is 17.4. The molecule has 0 heterocycles. The molecule has 1 unspecified atom stereocenters. The van der Waals surface area contributed by atoms with E-state index in [-0.39, 0.29) is 0 Å². The molecule has 116 valence electrons. The molecule has 0 aliphatic heterocycles. The number of nitrogens with one attached hydrogen (secondary N) is 2. The fraction of sp³-hybridized carbons (Fsp3) is 0.385. The van der Waals surface area contributed by atoms with Gasteiger partial charge < -0.3 is 5.32 Å².